The van der Waals surface area contributed by atoms with Crippen molar-refractivity contribution in [1.82, 2.24) is 14.7 Å². The number of carbonyl (C=O) groups is 1. The first-order chi connectivity index (χ1) is 6.65. The Kier molecular flexibility index (Phi) is 1.76. The van der Waals surface area contributed by atoms with Gasteiger partial charge in [0, 0.05) is 0 Å². The van der Waals surface area contributed by atoms with Crippen LogP contribution in [0.4, 0.5) is 0 Å². The smallest absolute Gasteiger partial charge is 0.350 e. The molecule has 4 heterocycles. The van der Waals surface area contributed by atoms with Crippen molar-refractivity contribution < 1.29 is 9.19 Å². The van der Waals surface area contributed by atoms with Crippen LogP contribution in [0.3, 0.4) is 0 Å². The summed E-state index contributed by atoms with van der Waals surface area (Å²) in [6.07, 6.45) is 0. The lowest BCUT2D eigenvalue weighted by Crippen LogP contribution is -2.80. The second-order valence-corrected chi connectivity index (χ2v) is 4.82. The van der Waals surface area contributed by atoms with E-state index in [4.69, 9.17) is 0 Å². The standard InChI is InChI=1S/C8H15BN4O/c1-8(14)9-13-5-10-2-11(6-13)4-12(3-10)7-13/h2-7H2,1H3/q+1. The highest BCUT2D eigenvalue weighted by Crippen LogP contribution is 2.27. The molecule has 0 saturated carbocycles. The quantitative estimate of drug-likeness (QED) is 0.508. The molecule has 75 valence electrons. The van der Waals surface area contributed by atoms with Gasteiger partial charge in [0.25, 0.3) is 0 Å². The van der Waals surface area contributed by atoms with E-state index in [-0.39, 0.29) is 5.68 Å². The first-order valence-corrected chi connectivity index (χ1v) is 5.05. The summed E-state index contributed by atoms with van der Waals surface area (Å²) in [6.45, 7) is 7.88. The van der Waals surface area contributed by atoms with E-state index >= 15 is 0 Å². The fourth-order valence-corrected chi connectivity index (χ4v) is 3.09. The van der Waals surface area contributed by atoms with Crippen LogP contribution in [0.5, 0.6) is 0 Å². The van der Waals surface area contributed by atoms with E-state index in [0.29, 0.717) is 0 Å². The SMILES string of the molecule is CC(=O)[B][N+]12CN3CN(CN(C3)C1)C2. The van der Waals surface area contributed by atoms with E-state index in [9.17, 15) is 4.79 Å². The maximum absolute atomic E-state index is 11.2. The Bertz CT molecular complexity index is 247. The van der Waals surface area contributed by atoms with Gasteiger partial charge < -0.3 is 9.19 Å². The molecule has 0 N–H and O–H groups in total. The normalized spacial score (nSPS) is 49.4. The van der Waals surface area contributed by atoms with E-state index in [1.54, 1.807) is 6.92 Å². The van der Waals surface area contributed by atoms with Crippen molar-refractivity contribution in [3.8, 4) is 0 Å². The average Bonchev–Trinajstić information content (AvgIpc) is 1.96. The third-order valence-electron chi connectivity index (χ3n) is 3.10. The Hall–Kier alpha value is -0.425. The van der Waals surface area contributed by atoms with Crippen LogP contribution in [0, 0.1) is 0 Å². The van der Waals surface area contributed by atoms with Crippen molar-refractivity contribution in [2.75, 3.05) is 40.0 Å². The van der Waals surface area contributed by atoms with Crippen LogP contribution in [-0.4, -0.2) is 72.2 Å². The molecule has 4 fully saturated rings. The summed E-state index contributed by atoms with van der Waals surface area (Å²) in [5.41, 5.74) is 0.190. The van der Waals surface area contributed by atoms with E-state index in [1.807, 2.05) is 7.41 Å². The Morgan fingerprint density at radius 1 is 1.07 bits per heavy atom. The van der Waals surface area contributed by atoms with Crippen LogP contribution in [0.2, 0.25) is 0 Å². The van der Waals surface area contributed by atoms with Crippen molar-refractivity contribution in [1.29, 1.82) is 0 Å². The highest BCUT2D eigenvalue weighted by molar-refractivity contribution is 6.67. The number of carbonyl (C=O) groups excluding carboxylic acids is 1. The van der Waals surface area contributed by atoms with Crippen molar-refractivity contribution in [2.45, 2.75) is 6.92 Å². The number of hydrogen-bond acceptors (Lipinski definition) is 4. The van der Waals surface area contributed by atoms with Crippen LogP contribution >= 0.6 is 0 Å². The van der Waals surface area contributed by atoms with Gasteiger partial charge in [-0.15, -0.1) is 0 Å². The molecule has 0 aromatic carbocycles. The number of rotatable bonds is 2. The van der Waals surface area contributed by atoms with Crippen LogP contribution in [-0.2, 0) is 4.79 Å². The molecule has 0 spiro atoms. The molecule has 14 heavy (non-hydrogen) atoms. The molecule has 6 heteroatoms. The Morgan fingerprint density at radius 2 is 1.50 bits per heavy atom. The number of hydrogen-bond donors (Lipinski definition) is 0. The monoisotopic (exact) mass is 194 g/mol. The minimum absolute atomic E-state index is 0.190. The van der Waals surface area contributed by atoms with E-state index in [1.165, 1.54) is 0 Å². The molecule has 4 aliphatic heterocycles. The molecule has 0 aliphatic carbocycles. The van der Waals surface area contributed by atoms with Gasteiger partial charge in [-0.05, 0) is 6.92 Å². The lowest BCUT2D eigenvalue weighted by atomic mass is 9.81. The lowest BCUT2D eigenvalue weighted by Gasteiger charge is -2.61. The summed E-state index contributed by atoms with van der Waals surface area (Å²) in [4.78, 5) is 18.4. The zero-order valence-electron chi connectivity index (χ0n) is 8.52. The maximum Gasteiger partial charge on any atom is 0.529 e. The van der Waals surface area contributed by atoms with Gasteiger partial charge in [-0.3, -0.25) is 0 Å². The van der Waals surface area contributed by atoms with Gasteiger partial charge in [-0.25, -0.2) is 14.7 Å². The average molecular weight is 194 g/mol. The fraction of sp³-hybridized carbons (Fsp3) is 0.875. The molecule has 4 rings (SSSR count). The molecule has 4 aliphatic rings. The van der Waals surface area contributed by atoms with E-state index < -0.39 is 0 Å². The molecular weight excluding hydrogens is 179 g/mol. The van der Waals surface area contributed by atoms with Crippen molar-refractivity contribution in [2.24, 2.45) is 0 Å². The summed E-state index contributed by atoms with van der Waals surface area (Å²) < 4.78 is 0.815. The molecule has 4 bridgehead atoms. The highest BCUT2D eigenvalue weighted by Gasteiger charge is 2.49. The number of nitrogens with zero attached hydrogens (tertiary/aromatic N) is 4. The summed E-state index contributed by atoms with van der Waals surface area (Å²) in [7, 11) is 1.88. The van der Waals surface area contributed by atoms with Gasteiger partial charge in [0.1, 0.15) is 20.0 Å². The Balaban J connectivity index is 1.83. The van der Waals surface area contributed by atoms with Crippen LogP contribution in [0.15, 0.2) is 0 Å². The molecule has 0 atom stereocenters. The summed E-state index contributed by atoms with van der Waals surface area (Å²) in [6, 6.07) is 0. The predicted molar refractivity (Wildman–Crippen MR) is 51.4 cm³/mol. The van der Waals surface area contributed by atoms with E-state index in [2.05, 4.69) is 14.7 Å². The molecule has 0 aromatic heterocycles. The molecule has 0 amide bonds. The molecular formula is C8H15BN4O+. The third-order valence-corrected chi connectivity index (χ3v) is 3.10. The Labute approximate surface area is 84.7 Å². The van der Waals surface area contributed by atoms with Gasteiger partial charge in [-0.1, -0.05) is 0 Å². The predicted octanol–water partition coefficient (Wildman–Crippen LogP) is -1.34. The van der Waals surface area contributed by atoms with Gasteiger partial charge in [0.2, 0.25) is 0 Å². The van der Waals surface area contributed by atoms with E-state index in [0.717, 1.165) is 44.4 Å². The van der Waals surface area contributed by atoms with Crippen LogP contribution in [0.1, 0.15) is 6.92 Å². The first-order valence-electron chi connectivity index (χ1n) is 5.05. The highest BCUT2D eigenvalue weighted by atomic mass is 16.1. The second-order valence-electron chi connectivity index (χ2n) is 4.82. The minimum Gasteiger partial charge on any atom is -0.350 e. The lowest BCUT2D eigenvalue weighted by molar-refractivity contribution is -0.886. The van der Waals surface area contributed by atoms with Crippen molar-refractivity contribution in [3.63, 3.8) is 0 Å². The zero-order valence-corrected chi connectivity index (χ0v) is 8.52. The second kappa shape index (κ2) is 2.79. The topological polar surface area (TPSA) is 26.8 Å². The van der Waals surface area contributed by atoms with Crippen molar-refractivity contribution >= 4 is 13.1 Å². The molecule has 0 unspecified atom stereocenters. The van der Waals surface area contributed by atoms with Gasteiger partial charge in [0.15, 0.2) is 5.68 Å². The molecule has 0 aromatic rings. The van der Waals surface area contributed by atoms with Crippen LogP contribution < -0.4 is 0 Å². The number of quaternary nitrogens is 1. The molecule has 4 saturated heterocycles. The first kappa shape index (κ1) is 8.85. The third kappa shape index (κ3) is 1.30. The zero-order chi connectivity index (χ0) is 9.76. The van der Waals surface area contributed by atoms with Crippen molar-refractivity contribution in [3.05, 3.63) is 0 Å². The summed E-state index contributed by atoms with van der Waals surface area (Å²) >= 11 is 0. The summed E-state index contributed by atoms with van der Waals surface area (Å²) in [5, 5.41) is 0. The maximum atomic E-state index is 11.2. The summed E-state index contributed by atoms with van der Waals surface area (Å²) in [5.74, 6) is 0. The van der Waals surface area contributed by atoms with Gasteiger partial charge >= 0.3 is 7.41 Å². The van der Waals surface area contributed by atoms with Gasteiger partial charge in [0.05, 0.1) is 20.0 Å². The van der Waals surface area contributed by atoms with Crippen LogP contribution in [0.25, 0.3) is 0 Å². The van der Waals surface area contributed by atoms with Gasteiger partial charge in [-0.2, -0.15) is 0 Å². The molecule has 1 radical (unpaired) electrons. The Morgan fingerprint density at radius 3 is 1.86 bits per heavy atom. The fourth-order valence-electron chi connectivity index (χ4n) is 3.09. The minimum atomic E-state index is 0.190. The largest absolute Gasteiger partial charge is 0.529 e. The molecule has 5 nitrogen and oxygen atoms in total.